The molecule has 2 heteroatoms. The van der Waals surface area contributed by atoms with E-state index in [-0.39, 0.29) is 0 Å². The van der Waals surface area contributed by atoms with Gasteiger partial charge in [-0.1, -0.05) is 83.7 Å². The van der Waals surface area contributed by atoms with E-state index in [0.29, 0.717) is 16.9 Å². The lowest BCUT2D eigenvalue weighted by molar-refractivity contribution is -0.474. The van der Waals surface area contributed by atoms with Crippen LogP contribution in [0.15, 0.2) is 42.0 Å². The Kier molecular flexibility index (Phi) is 8.19. The first-order chi connectivity index (χ1) is 18.1. The SMILES string of the molecule is CC(C)CCC[C@@H](C)[C@H]1CC[C@H]2[C@@H]3CC=C4C[C@@H](OC(c5ccccc5)=[N+](C)C)CC[C@]4(C)[C@H]3CC[C@]12C. The van der Waals surface area contributed by atoms with Crippen molar-refractivity contribution >= 4 is 5.90 Å². The minimum absolute atomic E-state index is 0.292. The monoisotopic (exact) mass is 518 g/mol. The highest BCUT2D eigenvalue weighted by atomic mass is 16.5. The molecule has 0 N–H and O–H groups in total. The normalized spacial score (nSPS) is 37.1. The molecule has 3 saturated carbocycles. The minimum atomic E-state index is 0.292. The summed E-state index contributed by atoms with van der Waals surface area (Å²) in [4.78, 5) is 0. The van der Waals surface area contributed by atoms with Gasteiger partial charge in [-0.15, -0.1) is 0 Å². The Bertz CT molecular complexity index is 1020. The van der Waals surface area contributed by atoms with Crippen LogP contribution >= 0.6 is 0 Å². The number of ether oxygens (including phenoxy) is 1. The van der Waals surface area contributed by atoms with Crippen LogP contribution in [0.5, 0.6) is 0 Å². The van der Waals surface area contributed by atoms with Crippen molar-refractivity contribution < 1.29 is 9.31 Å². The fraction of sp³-hybridized carbons (Fsp3) is 0.750. The van der Waals surface area contributed by atoms with E-state index in [1.807, 2.05) is 0 Å². The van der Waals surface area contributed by atoms with Crippen molar-refractivity contribution in [3.8, 4) is 0 Å². The summed E-state index contributed by atoms with van der Waals surface area (Å²) < 4.78 is 8.89. The Morgan fingerprint density at radius 3 is 2.42 bits per heavy atom. The molecule has 4 aliphatic carbocycles. The van der Waals surface area contributed by atoms with Crippen molar-refractivity contribution in [2.24, 2.45) is 46.3 Å². The largest absolute Gasteiger partial charge is 0.441 e. The van der Waals surface area contributed by atoms with Crippen LogP contribution in [0.2, 0.25) is 0 Å². The van der Waals surface area contributed by atoms with Crippen LogP contribution in [-0.2, 0) is 4.74 Å². The van der Waals surface area contributed by atoms with E-state index >= 15 is 0 Å². The van der Waals surface area contributed by atoms with E-state index in [9.17, 15) is 0 Å². The topological polar surface area (TPSA) is 12.2 Å². The van der Waals surface area contributed by atoms with Crippen LogP contribution in [-0.4, -0.2) is 30.7 Å². The molecule has 0 radical (unpaired) electrons. The van der Waals surface area contributed by atoms with E-state index in [2.05, 4.69) is 89.7 Å². The molecule has 0 amide bonds. The number of allylic oxidation sites excluding steroid dienone is 1. The van der Waals surface area contributed by atoms with Crippen LogP contribution in [0.3, 0.4) is 0 Å². The molecule has 2 nitrogen and oxygen atoms in total. The first-order valence-corrected chi connectivity index (χ1v) is 16.1. The van der Waals surface area contributed by atoms with Crippen molar-refractivity contribution in [2.75, 3.05) is 14.1 Å². The average Bonchev–Trinajstić information content (AvgIpc) is 3.24. The molecule has 8 atom stereocenters. The maximum Gasteiger partial charge on any atom is 0.369 e. The number of fused-ring (bicyclic) bond motifs is 5. The molecule has 1 aromatic carbocycles. The number of nitrogens with zero attached hydrogens (tertiary/aromatic N) is 1. The second-order valence-corrected chi connectivity index (χ2v) is 14.8. The van der Waals surface area contributed by atoms with Gasteiger partial charge in [-0.25, -0.2) is 4.58 Å². The van der Waals surface area contributed by atoms with E-state index in [4.69, 9.17) is 4.74 Å². The first-order valence-electron chi connectivity index (χ1n) is 16.1. The molecular weight excluding hydrogens is 462 g/mol. The van der Waals surface area contributed by atoms with Crippen molar-refractivity contribution in [1.82, 2.24) is 0 Å². The van der Waals surface area contributed by atoms with Crippen molar-refractivity contribution in [1.29, 1.82) is 0 Å². The molecule has 0 heterocycles. The van der Waals surface area contributed by atoms with Crippen molar-refractivity contribution in [3.63, 3.8) is 0 Å². The summed E-state index contributed by atoms with van der Waals surface area (Å²) in [7, 11) is 4.22. The Hall–Kier alpha value is -1.57. The zero-order valence-corrected chi connectivity index (χ0v) is 25.6. The second-order valence-electron chi connectivity index (χ2n) is 14.8. The number of hydrogen-bond acceptors (Lipinski definition) is 1. The maximum atomic E-state index is 6.74. The summed E-state index contributed by atoms with van der Waals surface area (Å²) in [5.74, 6) is 6.42. The lowest BCUT2D eigenvalue weighted by atomic mass is 9.47. The fourth-order valence-corrected chi connectivity index (χ4v) is 9.92. The highest BCUT2D eigenvalue weighted by Crippen LogP contribution is 2.67. The molecule has 4 aliphatic rings. The quantitative estimate of drug-likeness (QED) is 0.152. The van der Waals surface area contributed by atoms with Crippen LogP contribution in [0.25, 0.3) is 0 Å². The van der Waals surface area contributed by atoms with E-state index in [1.165, 1.54) is 69.8 Å². The molecule has 0 aliphatic heterocycles. The third-order valence-corrected chi connectivity index (χ3v) is 12.0. The highest BCUT2D eigenvalue weighted by Gasteiger charge is 2.59. The second kappa shape index (κ2) is 11.1. The van der Waals surface area contributed by atoms with Gasteiger partial charge >= 0.3 is 5.90 Å². The van der Waals surface area contributed by atoms with Gasteiger partial charge in [0.05, 0.1) is 5.56 Å². The van der Waals surface area contributed by atoms with Crippen LogP contribution in [0, 0.1) is 46.3 Å². The number of rotatable bonds is 7. The summed E-state index contributed by atoms with van der Waals surface area (Å²) in [5.41, 5.74) is 3.87. The molecule has 0 unspecified atom stereocenters. The number of benzene rings is 1. The molecule has 38 heavy (non-hydrogen) atoms. The molecule has 0 bridgehead atoms. The molecule has 3 fully saturated rings. The lowest BCUT2D eigenvalue weighted by Gasteiger charge is -2.58. The predicted octanol–water partition coefficient (Wildman–Crippen LogP) is 9.13. The third kappa shape index (κ3) is 5.15. The van der Waals surface area contributed by atoms with E-state index in [1.54, 1.807) is 5.57 Å². The molecular formula is C36H56NO+. The van der Waals surface area contributed by atoms with Gasteiger partial charge in [-0.2, -0.15) is 0 Å². The smallest absolute Gasteiger partial charge is 0.369 e. The highest BCUT2D eigenvalue weighted by molar-refractivity contribution is 5.90. The lowest BCUT2D eigenvalue weighted by Crippen LogP contribution is -2.51. The molecule has 1 aromatic rings. The summed E-state index contributed by atoms with van der Waals surface area (Å²) in [6.07, 6.45) is 18.1. The maximum absolute atomic E-state index is 6.74. The van der Waals surface area contributed by atoms with Crippen LogP contribution in [0.4, 0.5) is 0 Å². The van der Waals surface area contributed by atoms with Crippen LogP contribution < -0.4 is 0 Å². The van der Waals surface area contributed by atoms with Gasteiger partial charge in [0.2, 0.25) is 0 Å². The average molecular weight is 519 g/mol. The minimum Gasteiger partial charge on any atom is -0.441 e. The standard InChI is InChI=1S/C36H56NO/c1-25(2)12-11-13-26(3)31-18-19-32-30-17-16-28-24-29(38-34(37(6)7)27-14-9-8-10-15-27)20-22-35(28,4)33(30)21-23-36(31,32)5/h8-10,14-16,25-26,29-33H,11-13,17-24H2,1-7H3/q+1/t26-,29+,30+,31-,32+,33+,35+,36-/m1/s1. The fourth-order valence-electron chi connectivity index (χ4n) is 9.92. The van der Waals surface area contributed by atoms with Gasteiger partial charge in [-0.3, -0.25) is 0 Å². The molecule has 0 aromatic heterocycles. The van der Waals surface area contributed by atoms with E-state index in [0.717, 1.165) is 47.8 Å². The molecule has 210 valence electrons. The molecule has 0 spiro atoms. The predicted molar refractivity (Wildman–Crippen MR) is 161 cm³/mol. The zero-order chi connectivity index (χ0) is 27.1. The Morgan fingerprint density at radius 1 is 0.947 bits per heavy atom. The summed E-state index contributed by atoms with van der Waals surface area (Å²) in [6, 6.07) is 10.7. The summed E-state index contributed by atoms with van der Waals surface area (Å²) in [6.45, 7) is 12.7. The first kappa shape index (κ1) is 28.0. The van der Waals surface area contributed by atoms with Gasteiger partial charge in [0.15, 0.2) is 0 Å². The van der Waals surface area contributed by atoms with Gasteiger partial charge in [-0.05, 0) is 103 Å². The Balaban J connectivity index is 1.28. The molecule has 5 rings (SSSR count). The summed E-state index contributed by atoms with van der Waals surface area (Å²) >= 11 is 0. The van der Waals surface area contributed by atoms with Gasteiger partial charge in [0, 0.05) is 6.42 Å². The third-order valence-electron chi connectivity index (χ3n) is 12.0. The number of hydrogen-bond donors (Lipinski definition) is 0. The molecule has 0 saturated heterocycles. The Morgan fingerprint density at radius 2 is 1.71 bits per heavy atom. The van der Waals surface area contributed by atoms with Crippen molar-refractivity contribution in [3.05, 3.63) is 47.5 Å². The Labute approximate surface area is 234 Å². The van der Waals surface area contributed by atoms with Gasteiger partial charge < -0.3 is 4.74 Å². The van der Waals surface area contributed by atoms with Gasteiger partial charge in [0.1, 0.15) is 20.2 Å². The van der Waals surface area contributed by atoms with Crippen molar-refractivity contribution in [2.45, 2.75) is 111 Å². The summed E-state index contributed by atoms with van der Waals surface area (Å²) in [5, 5.41) is 0. The zero-order valence-electron chi connectivity index (χ0n) is 25.6. The van der Waals surface area contributed by atoms with Gasteiger partial charge in [0.25, 0.3) is 0 Å². The van der Waals surface area contributed by atoms with Crippen LogP contribution in [0.1, 0.15) is 111 Å². The van der Waals surface area contributed by atoms with E-state index < -0.39 is 0 Å².